The fourth-order valence-electron chi connectivity index (χ4n) is 2.90. The molecular weight excluding hydrogens is 236 g/mol. The highest BCUT2D eigenvalue weighted by Gasteiger charge is 2.18. The molecule has 1 aliphatic rings. The Morgan fingerprint density at radius 1 is 1.37 bits per heavy atom. The quantitative estimate of drug-likeness (QED) is 0.915. The van der Waals surface area contributed by atoms with Crippen LogP contribution in [0.25, 0.3) is 10.9 Å². The molecule has 0 unspecified atom stereocenters. The smallest absolute Gasteiger partial charge is 0.0758 e. The summed E-state index contributed by atoms with van der Waals surface area (Å²) in [5.74, 6) is 0. The van der Waals surface area contributed by atoms with Crippen LogP contribution in [-0.2, 0) is 24.2 Å². The van der Waals surface area contributed by atoms with Gasteiger partial charge in [0.1, 0.15) is 0 Å². The lowest BCUT2D eigenvalue weighted by molar-refractivity contribution is 0.110. The van der Waals surface area contributed by atoms with Gasteiger partial charge in [-0.05, 0) is 12.0 Å². The third-order valence-corrected chi connectivity index (χ3v) is 3.78. The molecule has 3 nitrogen and oxygen atoms in total. The van der Waals surface area contributed by atoms with E-state index in [4.69, 9.17) is 9.72 Å². The normalized spacial score (nSPS) is 14.4. The number of aryl methyl sites for hydroxylation is 1. The lowest BCUT2D eigenvalue weighted by Gasteiger charge is -2.21. The first-order valence-corrected chi connectivity index (χ1v) is 7.04. The molecule has 3 heteroatoms. The van der Waals surface area contributed by atoms with E-state index >= 15 is 0 Å². The molecule has 2 heterocycles. The number of fused-ring (bicyclic) bond motifs is 2. The number of anilines is 1. The van der Waals surface area contributed by atoms with Gasteiger partial charge in [0, 0.05) is 24.4 Å². The number of hydrogen-bond acceptors (Lipinski definition) is 3. The summed E-state index contributed by atoms with van der Waals surface area (Å²) in [4.78, 5) is 4.92. The van der Waals surface area contributed by atoms with E-state index in [0.717, 1.165) is 31.4 Å². The number of pyridine rings is 1. The molecule has 0 amide bonds. The first-order valence-electron chi connectivity index (χ1n) is 7.04. The Labute approximate surface area is 114 Å². The van der Waals surface area contributed by atoms with Gasteiger partial charge in [-0.25, -0.2) is 0 Å². The Kier molecular flexibility index (Phi) is 3.38. The molecule has 19 heavy (non-hydrogen) atoms. The molecule has 0 saturated carbocycles. The molecular formula is C16H20N2O. The van der Waals surface area contributed by atoms with Crippen LogP contribution in [0, 0.1) is 0 Å². The van der Waals surface area contributed by atoms with E-state index in [1.54, 1.807) is 0 Å². The zero-order valence-corrected chi connectivity index (χ0v) is 11.6. The first-order chi connectivity index (χ1) is 9.35. The van der Waals surface area contributed by atoms with Crippen LogP contribution >= 0.6 is 0 Å². The highest BCUT2D eigenvalue weighted by atomic mass is 16.5. The zero-order chi connectivity index (χ0) is 13.2. The average Bonchev–Trinajstić information content (AvgIpc) is 2.45. The minimum Gasteiger partial charge on any atom is -0.387 e. The zero-order valence-electron chi connectivity index (χ0n) is 11.6. The van der Waals surface area contributed by atoms with Crippen molar-refractivity contribution in [2.45, 2.75) is 32.8 Å². The second-order valence-corrected chi connectivity index (χ2v) is 5.03. The van der Waals surface area contributed by atoms with E-state index in [9.17, 15) is 0 Å². The highest BCUT2D eigenvalue weighted by molar-refractivity contribution is 5.95. The molecule has 100 valence electrons. The molecule has 1 aromatic heterocycles. The van der Waals surface area contributed by atoms with Crippen molar-refractivity contribution in [1.82, 2.24) is 4.98 Å². The molecule has 0 saturated heterocycles. The minimum absolute atomic E-state index is 0.673. The second kappa shape index (κ2) is 5.17. The van der Waals surface area contributed by atoms with Crippen LogP contribution in [0.4, 0.5) is 5.69 Å². The van der Waals surface area contributed by atoms with E-state index in [-0.39, 0.29) is 0 Å². The van der Waals surface area contributed by atoms with Crippen LogP contribution in [0.3, 0.4) is 0 Å². The predicted molar refractivity (Wildman–Crippen MR) is 78.6 cm³/mol. The largest absolute Gasteiger partial charge is 0.387 e. The monoisotopic (exact) mass is 256 g/mol. The Morgan fingerprint density at radius 3 is 3.05 bits per heavy atom. The fraction of sp³-hybridized carbons (Fsp3) is 0.438. The summed E-state index contributed by atoms with van der Waals surface area (Å²) in [5.41, 5.74) is 6.14. The Morgan fingerprint density at radius 2 is 2.26 bits per heavy atom. The van der Waals surface area contributed by atoms with Crippen LogP contribution < -0.4 is 5.32 Å². The summed E-state index contributed by atoms with van der Waals surface area (Å²) in [6.07, 6.45) is 3.15. The fourth-order valence-corrected chi connectivity index (χ4v) is 2.90. The summed E-state index contributed by atoms with van der Waals surface area (Å²) >= 11 is 0. The molecule has 3 rings (SSSR count). The van der Waals surface area contributed by atoms with Crippen molar-refractivity contribution in [3.8, 4) is 0 Å². The molecule has 2 aromatic rings. The summed E-state index contributed by atoms with van der Waals surface area (Å²) < 4.78 is 5.59. The SMILES string of the molecule is CCCc1cccc2c(NC)c3c(nc12)CCOC3. The first kappa shape index (κ1) is 12.4. The molecule has 0 spiro atoms. The van der Waals surface area contributed by atoms with Crippen molar-refractivity contribution in [2.75, 3.05) is 19.0 Å². The van der Waals surface area contributed by atoms with E-state index in [2.05, 4.69) is 30.4 Å². The van der Waals surface area contributed by atoms with E-state index in [1.807, 2.05) is 7.05 Å². The number of benzene rings is 1. The second-order valence-electron chi connectivity index (χ2n) is 5.03. The van der Waals surface area contributed by atoms with Gasteiger partial charge in [-0.2, -0.15) is 0 Å². The summed E-state index contributed by atoms with van der Waals surface area (Å²) in [7, 11) is 1.98. The third-order valence-electron chi connectivity index (χ3n) is 3.78. The summed E-state index contributed by atoms with van der Waals surface area (Å²) in [6.45, 7) is 3.67. The average molecular weight is 256 g/mol. The van der Waals surface area contributed by atoms with Crippen LogP contribution in [-0.4, -0.2) is 18.6 Å². The van der Waals surface area contributed by atoms with Crippen LogP contribution in [0.1, 0.15) is 30.2 Å². The molecule has 1 N–H and O–H groups in total. The molecule has 1 aliphatic heterocycles. The number of nitrogens with one attached hydrogen (secondary N) is 1. The van der Waals surface area contributed by atoms with Gasteiger partial charge in [-0.1, -0.05) is 31.5 Å². The van der Waals surface area contributed by atoms with Gasteiger partial charge >= 0.3 is 0 Å². The van der Waals surface area contributed by atoms with Crippen molar-refractivity contribution in [3.05, 3.63) is 35.0 Å². The number of hydrogen-bond donors (Lipinski definition) is 1. The number of aromatic nitrogens is 1. The van der Waals surface area contributed by atoms with E-state index < -0.39 is 0 Å². The van der Waals surface area contributed by atoms with Gasteiger partial charge in [-0.3, -0.25) is 4.98 Å². The molecule has 0 fully saturated rings. The molecule has 0 aliphatic carbocycles. The minimum atomic E-state index is 0.673. The van der Waals surface area contributed by atoms with Gasteiger partial charge in [0.15, 0.2) is 0 Å². The van der Waals surface area contributed by atoms with Crippen molar-refractivity contribution in [1.29, 1.82) is 0 Å². The molecule has 0 bridgehead atoms. The van der Waals surface area contributed by atoms with Crippen LogP contribution in [0.2, 0.25) is 0 Å². The Hall–Kier alpha value is -1.61. The lowest BCUT2D eigenvalue weighted by Crippen LogP contribution is -2.14. The van der Waals surface area contributed by atoms with Gasteiger partial charge in [0.05, 0.1) is 30.1 Å². The maximum Gasteiger partial charge on any atom is 0.0758 e. The third kappa shape index (κ3) is 2.08. The lowest BCUT2D eigenvalue weighted by atomic mass is 9.99. The Bertz CT molecular complexity index is 607. The topological polar surface area (TPSA) is 34.2 Å². The van der Waals surface area contributed by atoms with Crippen molar-refractivity contribution >= 4 is 16.6 Å². The Balaban J connectivity index is 2.29. The van der Waals surface area contributed by atoms with Gasteiger partial charge in [0.2, 0.25) is 0 Å². The molecule has 0 radical (unpaired) electrons. The summed E-state index contributed by atoms with van der Waals surface area (Å²) in [5, 5.41) is 4.57. The maximum atomic E-state index is 5.59. The predicted octanol–water partition coefficient (Wildman–Crippen LogP) is 3.30. The van der Waals surface area contributed by atoms with Crippen LogP contribution in [0.15, 0.2) is 18.2 Å². The maximum absolute atomic E-state index is 5.59. The standard InChI is InChI=1S/C16H20N2O/c1-3-5-11-6-4-7-12-15(11)18-14-8-9-19-10-13(14)16(12)17-2/h4,6-7H,3,5,8-10H2,1-2H3,(H,17,18). The van der Waals surface area contributed by atoms with Crippen molar-refractivity contribution in [2.24, 2.45) is 0 Å². The van der Waals surface area contributed by atoms with Gasteiger partial charge in [0.25, 0.3) is 0 Å². The van der Waals surface area contributed by atoms with Crippen LogP contribution in [0.5, 0.6) is 0 Å². The van der Waals surface area contributed by atoms with E-state index in [0.29, 0.717) is 6.61 Å². The van der Waals surface area contributed by atoms with Gasteiger partial charge < -0.3 is 10.1 Å². The molecule has 1 aromatic carbocycles. The van der Waals surface area contributed by atoms with E-state index in [1.165, 1.54) is 27.9 Å². The number of rotatable bonds is 3. The number of para-hydroxylation sites is 1. The summed E-state index contributed by atoms with van der Waals surface area (Å²) in [6, 6.07) is 6.48. The van der Waals surface area contributed by atoms with Crippen molar-refractivity contribution < 1.29 is 4.74 Å². The van der Waals surface area contributed by atoms with Crippen molar-refractivity contribution in [3.63, 3.8) is 0 Å². The number of nitrogens with zero attached hydrogens (tertiary/aromatic N) is 1. The molecule has 0 atom stereocenters. The van der Waals surface area contributed by atoms with Gasteiger partial charge in [-0.15, -0.1) is 0 Å². The number of ether oxygens (including phenoxy) is 1. The highest BCUT2D eigenvalue weighted by Crippen LogP contribution is 2.32.